The quantitative estimate of drug-likeness (QED) is 0.845. The minimum absolute atomic E-state index is 0.299. The number of carboxylic acid groups (broad SMARTS) is 1. The number of likely N-dealkylation sites (N-methyl/N-ethyl adjacent to an activating group) is 1. The van der Waals surface area contributed by atoms with Gasteiger partial charge in [-0.05, 0) is 60.3 Å². The van der Waals surface area contributed by atoms with Crippen LogP contribution in [0, 0.1) is 0 Å². The largest absolute Gasteiger partial charge is 0.480 e. The van der Waals surface area contributed by atoms with Crippen molar-refractivity contribution in [3.63, 3.8) is 0 Å². The highest BCUT2D eigenvalue weighted by molar-refractivity contribution is 9.10. The highest BCUT2D eigenvalue weighted by Crippen LogP contribution is 2.38. The molecule has 1 saturated carbocycles. The van der Waals surface area contributed by atoms with Crippen molar-refractivity contribution in [1.29, 1.82) is 0 Å². The van der Waals surface area contributed by atoms with E-state index in [2.05, 4.69) is 26.2 Å². The number of rotatable bonds is 5. The number of pyridine rings is 1. The van der Waals surface area contributed by atoms with Gasteiger partial charge in [-0.2, -0.15) is 0 Å². The first-order valence-electron chi connectivity index (χ1n) is 6.82. The van der Waals surface area contributed by atoms with E-state index in [-0.39, 0.29) is 0 Å². The van der Waals surface area contributed by atoms with Crippen molar-refractivity contribution in [3.05, 3.63) is 22.8 Å². The van der Waals surface area contributed by atoms with Crippen LogP contribution in [0.25, 0.3) is 0 Å². The number of carboxylic acids is 1. The molecule has 4 nitrogen and oxygen atoms in total. The van der Waals surface area contributed by atoms with Crippen molar-refractivity contribution in [2.45, 2.75) is 48.4 Å². The minimum Gasteiger partial charge on any atom is -0.480 e. The van der Waals surface area contributed by atoms with Gasteiger partial charge in [0, 0.05) is 15.9 Å². The van der Waals surface area contributed by atoms with Gasteiger partial charge in [-0.3, -0.25) is 4.79 Å². The number of carbonyl (C=O) groups is 1. The van der Waals surface area contributed by atoms with E-state index in [1.165, 1.54) is 0 Å². The van der Waals surface area contributed by atoms with E-state index in [1.54, 1.807) is 18.0 Å². The van der Waals surface area contributed by atoms with Gasteiger partial charge in [0.15, 0.2) is 0 Å². The van der Waals surface area contributed by atoms with Gasteiger partial charge < -0.3 is 10.4 Å². The zero-order valence-corrected chi connectivity index (χ0v) is 13.8. The predicted molar refractivity (Wildman–Crippen MR) is 84.1 cm³/mol. The number of thioether (sulfide) groups is 1. The molecule has 0 aromatic carbocycles. The molecule has 1 fully saturated rings. The Hall–Kier alpha value is -0.590. The first-order chi connectivity index (χ1) is 9.55. The zero-order chi connectivity index (χ0) is 14.6. The molecule has 0 radical (unpaired) electrons. The molecule has 0 amide bonds. The van der Waals surface area contributed by atoms with Crippen LogP contribution < -0.4 is 5.32 Å². The molecule has 2 N–H and O–H groups in total. The van der Waals surface area contributed by atoms with Gasteiger partial charge in [-0.25, -0.2) is 4.98 Å². The monoisotopic (exact) mass is 358 g/mol. The first-order valence-corrected chi connectivity index (χ1v) is 8.49. The Balaban J connectivity index is 2.05. The van der Waals surface area contributed by atoms with E-state index in [0.29, 0.717) is 24.6 Å². The number of hydrogen-bond donors (Lipinski definition) is 2. The maximum Gasteiger partial charge on any atom is 0.323 e. The van der Waals surface area contributed by atoms with Crippen LogP contribution in [-0.4, -0.2) is 33.4 Å². The summed E-state index contributed by atoms with van der Waals surface area (Å²) in [6, 6.07) is 3.94. The van der Waals surface area contributed by atoms with E-state index in [0.717, 1.165) is 22.3 Å². The van der Waals surface area contributed by atoms with Gasteiger partial charge in [0.05, 0.1) is 5.03 Å². The number of hydrogen-bond acceptors (Lipinski definition) is 4. The molecule has 0 aliphatic heterocycles. The lowest BCUT2D eigenvalue weighted by Gasteiger charge is -2.37. The Kier molecular flexibility index (Phi) is 5.46. The second-order valence-electron chi connectivity index (χ2n) is 5.07. The second kappa shape index (κ2) is 6.91. The molecule has 1 aliphatic carbocycles. The summed E-state index contributed by atoms with van der Waals surface area (Å²) >= 11 is 5.05. The first kappa shape index (κ1) is 15.8. The lowest BCUT2D eigenvalue weighted by atomic mass is 9.81. The lowest BCUT2D eigenvalue weighted by Crippen LogP contribution is -2.55. The van der Waals surface area contributed by atoms with Crippen molar-refractivity contribution in [1.82, 2.24) is 10.3 Å². The Morgan fingerprint density at radius 2 is 2.45 bits per heavy atom. The molecule has 6 heteroatoms. The molecule has 1 aromatic heterocycles. The van der Waals surface area contributed by atoms with Crippen molar-refractivity contribution in [3.8, 4) is 0 Å². The molecule has 2 unspecified atom stereocenters. The number of nitrogens with zero attached hydrogens (tertiary/aromatic N) is 1. The van der Waals surface area contributed by atoms with Crippen LogP contribution in [0.5, 0.6) is 0 Å². The van der Waals surface area contributed by atoms with E-state index in [1.807, 2.05) is 19.1 Å². The summed E-state index contributed by atoms with van der Waals surface area (Å²) in [6.45, 7) is 2.64. The minimum atomic E-state index is -0.764. The molecule has 0 saturated heterocycles. The van der Waals surface area contributed by atoms with Crippen LogP contribution in [0.2, 0.25) is 0 Å². The van der Waals surface area contributed by atoms with Crippen LogP contribution in [0.15, 0.2) is 27.8 Å². The summed E-state index contributed by atoms with van der Waals surface area (Å²) in [5, 5.41) is 14.0. The molecule has 1 aliphatic rings. The Labute approximate surface area is 131 Å². The van der Waals surface area contributed by atoms with Crippen molar-refractivity contribution in [2.75, 3.05) is 6.54 Å². The molecule has 1 aromatic rings. The van der Waals surface area contributed by atoms with Gasteiger partial charge in [0.25, 0.3) is 0 Å². The Morgan fingerprint density at radius 3 is 3.05 bits per heavy atom. The normalized spacial score (nSPS) is 26.4. The fraction of sp³-hybridized carbons (Fsp3) is 0.571. The van der Waals surface area contributed by atoms with Gasteiger partial charge in [0.2, 0.25) is 0 Å². The smallest absolute Gasteiger partial charge is 0.323 e. The average molecular weight is 359 g/mol. The third-order valence-corrected chi connectivity index (χ3v) is 5.31. The summed E-state index contributed by atoms with van der Waals surface area (Å²) in [4.78, 5) is 16.0. The number of halogens is 1. The topological polar surface area (TPSA) is 62.2 Å². The molecule has 2 atom stereocenters. The van der Waals surface area contributed by atoms with Crippen molar-refractivity contribution in [2.24, 2.45) is 0 Å². The SMILES string of the molecule is CCNC1(C(=O)O)CCCC(Sc2ccc(Br)cn2)C1. The highest BCUT2D eigenvalue weighted by Gasteiger charge is 2.42. The van der Waals surface area contributed by atoms with Gasteiger partial charge in [-0.15, -0.1) is 11.8 Å². The molecular weight excluding hydrogens is 340 g/mol. The van der Waals surface area contributed by atoms with E-state index < -0.39 is 11.5 Å². The Bertz CT molecular complexity index is 465. The standard InChI is InChI=1S/C14H19BrN2O2S/c1-2-17-14(13(18)19)7-3-4-11(8-14)20-12-6-5-10(15)9-16-12/h5-6,9,11,17H,2-4,7-8H2,1H3,(H,18,19). The summed E-state index contributed by atoms with van der Waals surface area (Å²) in [5.41, 5.74) is -0.764. The second-order valence-corrected chi connectivity index (χ2v) is 7.30. The van der Waals surface area contributed by atoms with E-state index >= 15 is 0 Å². The number of aromatic nitrogens is 1. The summed E-state index contributed by atoms with van der Waals surface area (Å²) in [5.74, 6) is -0.728. The summed E-state index contributed by atoms with van der Waals surface area (Å²) in [6.07, 6.45) is 5.12. The van der Waals surface area contributed by atoms with Gasteiger partial charge in [0.1, 0.15) is 5.54 Å². The third kappa shape index (κ3) is 3.74. The van der Waals surface area contributed by atoms with Crippen LogP contribution >= 0.6 is 27.7 Å². The van der Waals surface area contributed by atoms with Crippen LogP contribution in [0.4, 0.5) is 0 Å². The fourth-order valence-corrected chi connectivity index (χ4v) is 4.19. The molecule has 1 heterocycles. The maximum atomic E-state index is 11.6. The molecule has 2 rings (SSSR count). The van der Waals surface area contributed by atoms with Crippen molar-refractivity contribution >= 4 is 33.7 Å². The predicted octanol–water partition coefficient (Wildman–Crippen LogP) is 3.31. The maximum absolute atomic E-state index is 11.6. The van der Waals surface area contributed by atoms with Crippen LogP contribution in [0.3, 0.4) is 0 Å². The van der Waals surface area contributed by atoms with Crippen molar-refractivity contribution < 1.29 is 9.90 Å². The molecule has 110 valence electrons. The molecule has 0 bridgehead atoms. The fourth-order valence-electron chi connectivity index (χ4n) is 2.70. The van der Waals surface area contributed by atoms with Gasteiger partial charge >= 0.3 is 5.97 Å². The van der Waals surface area contributed by atoms with E-state index in [4.69, 9.17) is 0 Å². The molecular formula is C14H19BrN2O2S. The lowest BCUT2D eigenvalue weighted by molar-refractivity contribution is -0.146. The van der Waals surface area contributed by atoms with Crippen LogP contribution in [0.1, 0.15) is 32.6 Å². The van der Waals surface area contributed by atoms with Crippen LogP contribution in [-0.2, 0) is 4.79 Å². The molecule has 20 heavy (non-hydrogen) atoms. The Morgan fingerprint density at radius 1 is 1.65 bits per heavy atom. The summed E-state index contributed by atoms with van der Waals surface area (Å²) < 4.78 is 0.957. The summed E-state index contributed by atoms with van der Waals surface area (Å²) in [7, 11) is 0. The van der Waals surface area contributed by atoms with E-state index in [9.17, 15) is 9.90 Å². The average Bonchev–Trinajstić information content (AvgIpc) is 2.42. The van der Waals surface area contributed by atoms with Gasteiger partial charge in [-0.1, -0.05) is 6.92 Å². The number of aliphatic carboxylic acids is 1. The molecule has 0 spiro atoms. The highest BCUT2D eigenvalue weighted by atomic mass is 79.9. The number of nitrogens with one attached hydrogen (secondary N) is 1. The third-order valence-electron chi connectivity index (χ3n) is 3.62. The zero-order valence-electron chi connectivity index (χ0n) is 11.4.